The molecule has 0 saturated heterocycles. The van der Waals surface area contributed by atoms with Gasteiger partial charge >= 0.3 is 0 Å². The Hall–Kier alpha value is -1.80. The van der Waals surface area contributed by atoms with Crippen LogP contribution in [0.5, 0.6) is 5.75 Å². The summed E-state index contributed by atoms with van der Waals surface area (Å²) in [5, 5.41) is 5.64. The summed E-state index contributed by atoms with van der Waals surface area (Å²) in [6.07, 6.45) is 3.74. The van der Waals surface area contributed by atoms with Crippen molar-refractivity contribution >= 4 is 10.8 Å². The van der Waals surface area contributed by atoms with Crippen molar-refractivity contribution in [2.75, 3.05) is 6.54 Å². The summed E-state index contributed by atoms with van der Waals surface area (Å²) in [5.41, 5.74) is 0. The first kappa shape index (κ1) is 12.7. The van der Waals surface area contributed by atoms with Gasteiger partial charge in [0, 0.05) is 18.0 Å². The third-order valence-corrected chi connectivity index (χ3v) is 2.68. The number of fused-ring (bicyclic) bond motifs is 1. The van der Waals surface area contributed by atoms with Gasteiger partial charge in [-0.05, 0) is 17.5 Å². The van der Waals surface area contributed by atoms with Crippen LogP contribution in [0.2, 0.25) is 0 Å². The summed E-state index contributed by atoms with van der Waals surface area (Å²) in [6, 6.07) is 14.8. The maximum Gasteiger partial charge on any atom is 0.134 e. The molecule has 18 heavy (non-hydrogen) atoms. The molecule has 0 aliphatic carbocycles. The molecule has 0 bridgehead atoms. The van der Waals surface area contributed by atoms with Gasteiger partial charge in [0.2, 0.25) is 0 Å². The maximum atomic E-state index is 5.68. The average molecular weight is 241 g/mol. The van der Waals surface area contributed by atoms with Crippen molar-refractivity contribution in [3.8, 4) is 5.75 Å². The number of rotatable bonds is 5. The van der Waals surface area contributed by atoms with E-state index in [2.05, 4.69) is 37.4 Å². The van der Waals surface area contributed by atoms with Gasteiger partial charge in [0.25, 0.3) is 0 Å². The molecule has 0 amide bonds. The highest BCUT2D eigenvalue weighted by Crippen LogP contribution is 2.25. The number of hydrogen-bond donors (Lipinski definition) is 1. The maximum absolute atomic E-state index is 5.68. The molecule has 0 aliphatic rings. The van der Waals surface area contributed by atoms with Crippen LogP contribution in [-0.2, 0) is 0 Å². The van der Waals surface area contributed by atoms with Crippen LogP contribution in [0.4, 0.5) is 0 Å². The lowest BCUT2D eigenvalue weighted by molar-refractivity contribution is 0.483. The Labute approximate surface area is 108 Å². The Bertz CT molecular complexity index is 526. The van der Waals surface area contributed by atoms with E-state index in [0.717, 1.165) is 17.7 Å². The van der Waals surface area contributed by atoms with E-state index < -0.39 is 0 Å². The largest absolute Gasteiger partial charge is 0.465 e. The molecular formula is C16H19NO. The molecule has 2 nitrogen and oxygen atoms in total. The van der Waals surface area contributed by atoms with E-state index in [9.17, 15) is 0 Å². The van der Waals surface area contributed by atoms with Gasteiger partial charge in [-0.2, -0.15) is 0 Å². The fourth-order valence-corrected chi connectivity index (χ4v) is 1.77. The van der Waals surface area contributed by atoms with E-state index in [1.54, 1.807) is 6.26 Å². The number of hydrogen-bond acceptors (Lipinski definition) is 2. The summed E-state index contributed by atoms with van der Waals surface area (Å²) in [5.74, 6) is 0.897. The Balaban J connectivity index is 2.03. The zero-order chi connectivity index (χ0) is 12.8. The monoisotopic (exact) mass is 241 g/mol. The van der Waals surface area contributed by atoms with Crippen molar-refractivity contribution in [1.29, 1.82) is 0 Å². The van der Waals surface area contributed by atoms with E-state index in [1.165, 1.54) is 5.39 Å². The summed E-state index contributed by atoms with van der Waals surface area (Å²) in [4.78, 5) is 0. The fraction of sp³-hybridized carbons (Fsp3) is 0.250. The van der Waals surface area contributed by atoms with Gasteiger partial charge in [0.05, 0.1) is 6.26 Å². The van der Waals surface area contributed by atoms with Crippen LogP contribution in [-0.4, -0.2) is 12.6 Å². The third-order valence-electron chi connectivity index (χ3n) is 2.68. The highest BCUT2D eigenvalue weighted by Gasteiger charge is 1.98. The van der Waals surface area contributed by atoms with Crippen LogP contribution in [0.3, 0.4) is 0 Å². The fourth-order valence-electron chi connectivity index (χ4n) is 1.77. The molecule has 0 saturated carbocycles. The van der Waals surface area contributed by atoms with Crippen LogP contribution >= 0.6 is 0 Å². The molecule has 0 aromatic heterocycles. The second-order valence-electron chi connectivity index (χ2n) is 4.53. The first-order chi connectivity index (χ1) is 8.77. The van der Waals surface area contributed by atoms with Gasteiger partial charge in [0.15, 0.2) is 0 Å². The minimum Gasteiger partial charge on any atom is -0.465 e. The van der Waals surface area contributed by atoms with Crippen LogP contribution in [0.25, 0.3) is 10.8 Å². The number of ether oxygens (including phenoxy) is 1. The van der Waals surface area contributed by atoms with Crippen LogP contribution in [0.15, 0.2) is 54.8 Å². The van der Waals surface area contributed by atoms with Gasteiger partial charge in [-0.3, -0.25) is 0 Å². The van der Waals surface area contributed by atoms with E-state index in [0.29, 0.717) is 6.04 Å². The normalized spacial score (nSPS) is 11.5. The topological polar surface area (TPSA) is 21.3 Å². The molecule has 2 rings (SSSR count). The second kappa shape index (κ2) is 6.22. The van der Waals surface area contributed by atoms with Crippen molar-refractivity contribution in [2.24, 2.45) is 0 Å². The predicted molar refractivity (Wildman–Crippen MR) is 76.9 cm³/mol. The molecule has 0 radical (unpaired) electrons. The summed E-state index contributed by atoms with van der Waals surface area (Å²) in [6.45, 7) is 5.07. The zero-order valence-corrected chi connectivity index (χ0v) is 10.9. The van der Waals surface area contributed by atoms with Gasteiger partial charge in [0.1, 0.15) is 5.75 Å². The number of benzene rings is 2. The highest BCUT2D eigenvalue weighted by molar-refractivity contribution is 5.88. The van der Waals surface area contributed by atoms with Gasteiger partial charge in [-0.1, -0.05) is 50.2 Å². The van der Waals surface area contributed by atoms with E-state index in [-0.39, 0.29) is 0 Å². The third kappa shape index (κ3) is 3.34. The first-order valence-electron chi connectivity index (χ1n) is 6.30. The minimum absolute atomic E-state index is 0.493. The Morgan fingerprint density at radius 3 is 2.72 bits per heavy atom. The predicted octanol–water partition coefficient (Wildman–Crippen LogP) is 3.73. The molecule has 0 spiro atoms. The second-order valence-corrected chi connectivity index (χ2v) is 4.53. The average Bonchev–Trinajstić information content (AvgIpc) is 2.38. The van der Waals surface area contributed by atoms with Crippen molar-refractivity contribution < 1.29 is 4.74 Å². The highest BCUT2D eigenvalue weighted by atomic mass is 16.5. The van der Waals surface area contributed by atoms with Crippen LogP contribution < -0.4 is 10.1 Å². The minimum atomic E-state index is 0.493. The van der Waals surface area contributed by atoms with E-state index in [4.69, 9.17) is 4.74 Å². The van der Waals surface area contributed by atoms with Gasteiger partial charge < -0.3 is 10.1 Å². The van der Waals surface area contributed by atoms with Gasteiger partial charge in [-0.15, -0.1) is 0 Å². The standard InChI is InChI=1S/C16H19NO/c1-13(2)17-11-6-12-18-16-10-5-8-14-7-3-4-9-15(14)16/h3-10,12-13,17H,11H2,1-2H3. The Morgan fingerprint density at radius 1 is 1.11 bits per heavy atom. The van der Waals surface area contributed by atoms with Gasteiger partial charge in [-0.25, -0.2) is 0 Å². The zero-order valence-electron chi connectivity index (χ0n) is 10.9. The molecule has 1 N–H and O–H groups in total. The number of nitrogens with one attached hydrogen (secondary N) is 1. The Kier molecular flexibility index (Phi) is 4.37. The van der Waals surface area contributed by atoms with Crippen molar-refractivity contribution in [3.63, 3.8) is 0 Å². The first-order valence-corrected chi connectivity index (χ1v) is 6.30. The molecular weight excluding hydrogens is 222 g/mol. The van der Waals surface area contributed by atoms with E-state index >= 15 is 0 Å². The molecule has 0 heterocycles. The van der Waals surface area contributed by atoms with Crippen molar-refractivity contribution in [3.05, 3.63) is 54.8 Å². The molecule has 2 heteroatoms. The van der Waals surface area contributed by atoms with Crippen LogP contribution in [0.1, 0.15) is 13.8 Å². The lowest BCUT2D eigenvalue weighted by Crippen LogP contribution is -2.22. The summed E-state index contributed by atoms with van der Waals surface area (Å²) >= 11 is 0. The lowest BCUT2D eigenvalue weighted by Gasteiger charge is -2.06. The van der Waals surface area contributed by atoms with E-state index in [1.807, 2.05) is 30.3 Å². The SMILES string of the molecule is CC(C)NCC=COc1cccc2ccccc12. The summed E-state index contributed by atoms with van der Waals surface area (Å²) in [7, 11) is 0. The molecule has 0 atom stereocenters. The molecule has 0 fully saturated rings. The van der Waals surface area contributed by atoms with Crippen molar-refractivity contribution in [1.82, 2.24) is 5.32 Å². The lowest BCUT2D eigenvalue weighted by atomic mass is 10.1. The molecule has 94 valence electrons. The molecule has 2 aromatic carbocycles. The quantitative estimate of drug-likeness (QED) is 0.805. The van der Waals surface area contributed by atoms with Crippen LogP contribution in [0, 0.1) is 0 Å². The smallest absolute Gasteiger partial charge is 0.134 e. The molecule has 0 aliphatic heterocycles. The molecule has 0 unspecified atom stereocenters. The summed E-state index contributed by atoms with van der Waals surface area (Å²) < 4.78 is 5.68. The van der Waals surface area contributed by atoms with Crippen molar-refractivity contribution in [2.45, 2.75) is 19.9 Å². The Morgan fingerprint density at radius 2 is 1.89 bits per heavy atom. The molecule has 2 aromatic rings.